The van der Waals surface area contributed by atoms with Gasteiger partial charge in [0.15, 0.2) is 0 Å². The van der Waals surface area contributed by atoms with E-state index >= 15 is 0 Å². The summed E-state index contributed by atoms with van der Waals surface area (Å²) >= 11 is 0. The Morgan fingerprint density at radius 1 is 0.303 bits per heavy atom. The zero-order valence-electron chi connectivity index (χ0n) is 17.7. The summed E-state index contributed by atoms with van der Waals surface area (Å²) in [5.41, 5.74) is 0. The first-order valence-corrected chi connectivity index (χ1v) is 10.4. The zero-order valence-corrected chi connectivity index (χ0v) is 19.9. The maximum absolute atomic E-state index is 4.74. The summed E-state index contributed by atoms with van der Waals surface area (Å²) in [5, 5.41) is 7.14. The van der Waals surface area contributed by atoms with Gasteiger partial charge in [-0.25, -0.2) is 0 Å². The van der Waals surface area contributed by atoms with E-state index in [-0.39, 0.29) is 21.1 Å². The SMILES string of the molecule is C1=c2ccccc2=NC=c2ccccc2=NC=c2ccccc2=NC=c2ccccc2=N1.[Pt+2]. The van der Waals surface area contributed by atoms with Crippen molar-refractivity contribution in [2.75, 3.05) is 0 Å². The van der Waals surface area contributed by atoms with Crippen LogP contribution in [0.4, 0.5) is 0 Å². The second-order valence-corrected chi connectivity index (χ2v) is 7.27. The number of nitrogens with zero attached hydrogens (tertiary/aromatic N) is 4. The minimum absolute atomic E-state index is 0. The summed E-state index contributed by atoms with van der Waals surface area (Å²) in [5.74, 6) is 0. The second kappa shape index (κ2) is 10.7. The fourth-order valence-corrected chi connectivity index (χ4v) is 3.41. The quantitative estimate of drug-likeness (QED) is 0.275. The summed E-state index contributed by atoms with van der Waals surface area (Å²) in [4.78, 5) is 19.0. The summed E-state index contributed by atoms with van der Waals surface area (Å²) in [6.45, 7) is 0. The molecule has 33 heavy (non-hydrogen) atoms. The Morgan fingerprint density at radius 2 is 0.515 bits per heavy atom. The van der Waals surface area contributed by atoms with Crippen molar-refractivity contribution >= 4 is 24.8 Å². The zero-order chi connectivity index (χ0) is 21.6. The summed E-state index contributed by atoms with van der Waals surface area (Å²) < 4.78 is 0. The van der Waals surface area contributed by atoms with Crippen LogP contribution in [-0.2, 0) is 21.1 Å². The molecule has 1 aliphatic heterocycles. The van der Waals surface area contributed by atoms with Crippen LogP contribution in [0.1, 0.15) is 0 Å². The Bertz CT molecular complexity index is 1390. The maximum atomic E-state index is 4.74. The number of hydrogen-bond donors (Lipinski definition) is 0. The maximum Gasteiger partial charge on any atom is 2.00 e. The van der Waals surface area contributed by atoms with Crippen LogP contribution in [0.2, 0.25) is 0 Å². The fraction of sp³-hybridized carbons (Fsp3) is 0. The van der Waals surface area contributed by atoms with E-state index in [0.717, 1.165) is 42.3 Å². The Balaban J connectivity index is 0.00000259. The van der Waals surface area contributed by atoms with E-state index < -0.39 is 0 Å². The first-order chi connectivity index (χ1) is 15.9. The van der Waals surface area contributed by atoms with E-state index in [0.29, 0.717) is 0 Å². The molecule has 4 nitrogen and oxygen atoms in total. The van der Waals surface area contributed by atoms with Crippen LogP contribution < -0.4 is 42.3 Å². The molecule has 0 radical (unpaired) electrons. The van der Waals surface area contributed by atoms with Crippen molar-refractivity contribution in [2.24, 2.45) is 20.0 Å². The van der Waals surface area contributed by atoms with Crippen LogP contribution in [0.15, 0.2) is 117 Å². The van der Waals surface area contributed by atoms with Crippen molar-refractivity contribution in [1.29, 1.82) is 0 Å². The summed E-state index contributed by atoms with van der Waals surface area (Å²) in [7, 11) is 0. The number of rotatable bonds is 0. The second-order valence-electron chi connectivity index (χ2n) is 7.27. The number of fused-ring (bicyclic) bond motifs is 4. The third-order valence-corrected chi connectivity index (χ3v) is 5.12. The minimum atomic E-state index is 0. The first kappa shape index (κ1) is 22.4. The molecule has 0 unspecified atom stereocenters. The topological polar surface area (TPSA) is 49.4 Å². The summed E-state index contributed by atoms with van der Waals surface area (Å²) in [6.07, 6.45) is 7.40. The molecule has 1 aliphatic rings. The first-order valence-electron chi connectivity index (χ1n) is 10.4. The van der Waals surface area contributed by atoms with Crippen molar-refractivity contribution in [3.8, 4) is 0 Å². The number of benzene rings is 4. The molecule has 0 aromatic heterocycles. The molecule has 0 amide bonds. The molecule has 0 saturated heterocycles. The van der Waals surface area contributed by atoms with Gasteiger partial charge in [0.05, 0.1) is 21.4 Å². The van der Waals surface area contributed by atoms with Crippen molar-refractivity contribution in [2.45, 2.75) is 0 Å². The van der Waals surface area contributed by atoms with Crippen molar-refractivity contribution in [1.82, 2.24) is 0 Å². The normalized spacial score (nSPS) is 12.1. The predicted molar refractivity (Wildman–Crippen MR) is 127 cm³/mol. The third kappa shape index (κ3) is 5.36. The van der Waals surface area contributed by atoms with Gasteiger partial charge < -0.3 is 0 Å². The Hall–Kier alpha value is -3.75. The number of hydrogen-bond acceptors (Lipinski definition) is 4. The average Bonchev–Trinajstić information content (AvgIpc) is 2.85. The molecule has 5 heteroatoms. The monoisotopic (exact) mass is 607 g/mol. The Labute approximate surface area is 204 Å². The molecular formula is C28H20N4Pt+2. The largest absolute Gasteiger partial charge is 2.00 e. The van der Waals surface area contributed by atoms with Gasteiger partial charge in [-0.3, -0.25) is 20.0 Å². The van der Waals surface area contributed by atoms with Crippen molar-refractivity contribution in [3.05, 3.63) is 139 Å². The minimum Gasteiger partial charge on any atom is -0.256 e. The molecule has 160 valence electrons. The molecule has 5 rings (SSSR count). The Morgan fingerprint density at radius 3 is 0.758 bits per heavy atom. The van der Waals surface area contributed by atoms with Gasteiger partial charge in [0.25, 0.3) is 0 Å². The molecule has 0 N–H and O–H groups in total. The molecule has 0 fully saturated rings. The van der Waals surface area contributed by atoms with E-state index in [9.17, 15) is 0 Å². The van der Waals surface area contributed by atoms with E-state index in [1.807, 2.05) is 122 Å². The van der Waals surface area contributed by atoms with Gasteiger partial charge in [0, 0.05) is 45.7 Å². The van der Waals surface area contributed by atoms with E-state index in [2.05, 4.69) is 0 Å². The smallest absolute Gasteiger partial charge is 0.256 e. The van der Waals surface area contributed by atoms with Crippen molar-refractivity contribution in [3.63, 3.8) is 0 Å². The molecular weight excluding hydrogens is 587 g/mol. The van der Waals surface area contributed by atoms with Crippen LogP contribution in [0.5, 0.6) is 0 Å². The molecule has 1 heterocycles. The molecule has 4 aromatic carbocycles. The van der Waals surface area contributed by atoms with Gasteiger partial charge in [0.2, 0.25) is 0 Å². The molecule has 0 atom stereocenters. The molecule has 0 aliphatic carbocycles. The fourth-order valence-electron chi connectivity index (χ4n) is 3.41. The van der Waals surface area contributed by atoms with Crippen LogP contribution in [-0.4, -0.2) is 0 Å². The molecule has 0 spiro atoms. The van der Waals surface area contributed by atoms with E-state index in [1.165, 1.54) is 0 Å². The standard InChI is InChI=1S/C28H20N4.Pt/c1-5-13-25-21(9-1)17-29-26-14-6-2-11-23(26)19-31-28-16-8-4-12-24(28)20-32-27-15-7-3-10-22(27)18-30-25;/h1-20H;/q;+2. The van der Waals surface area contributed by atoms with E-state index in [1.54, 1.807) is 0 Å². The van der Waals surface area contributed by atoms with E-state index in [4.69, 9.17) is 20.0 Å². The van der Waals surface area contributed by atoms with Crippen molar-refractivity contribution < 1.29 is 21.1 Å². The Kier molecular flexibility index (Phi) is 7.29. The van der Waals surface area contributed by atoms with Crippen LogP contribution in [0.25, 0.3) is 24.8 Å². The van der Waals surface area contributed by atoms with Gasteiger partial charge in [-0.05, 0) is 24.3 Å². The molecule has 0 bridgehead atoms. The van der Waals surface area contributed by atoms with Crippen LogP contribution in [0, 0.1) is 0 Å². The third-order valence-electron chi connectivity index (χ3n) is 5.12. The molecule has 0 saturated carbocycles. The van der Waals surface area contributed by atoms with Gasteiger partial charge in [-0.15, -0.1) is 0 Å². The molecule has 4 aromatic rings. The van der Waals surface area contributed by atoms with Crippen LogP contribution in [0.3, 0.4) is 0 Å². The summed E-state index contributed by atoms with van der Waals surface area (Å²) in [6, 6.07) is 31.8. The van der Waals surface area contributed by atoms with Gasteiger partial charge in [0.1, 0.15) is 0 Å². The van der Waals surface area contributed by atoms with Gasteiger partial charge in [-0.2, -0.15) is 0 Å². The predicted octanol–water partition coefficient (Wildman–Crippen LogP) is 0.229. The van der Waals surface area contributed by atoms with Gasteiger partial charge >= 0.3 is 21.1 Å². The average molecular weight is 608 g/mol. The van der Waals surface area contributed by atoms with Gasteiger partial charge in [-0.1, -0.05) is 72.8 Å². The number of para-hydroxylation sites is 4. The van der Waals surface area contributed by atoms with Crippen LogP contribution >= 0.6 is 0 Å².